The van der Waals surface area contributed by atoms with E-state index in [1.165, 1.54) is 17.3 Å². The van der Waals surface area contributed by atoms with E-state index in [0.29, 0.717) is 24.1 Å². The molecule has 1 saturated heterocycles. The first kappa shape index (κ1) is 30.1. The molecule has 1 amide bonds. The van der Waals surface area contributed by atoms with Gasteiger partial charge in [0, 0.05) is 12.0 Å². The van der Waals surface area contributed by atoms with Crippen LogP contribution in [0.3, 0.4) is 0 Å². The molecule has 0 bridgehead atoms. The highest BCUT2D eigenvalue weighted by Crippen LogP contribution is 2.46. The number of ether oxygens (including phenoxy) is 1. The van der Waals surface area contributed by atoms with Gasteiger partial charge in [0.05, 0.1) is 34.3 Å². The van der Waals surface area contributed by atoms with Gasteiger partial charge in [-0.25, -0.2) is 13.4 Å². The minimum absolute atomic E-state index is 0.0267. The summed E-state index contributed by atoms with van der Waals surface area (Å²) >= 11 is 6.44. The van der Waals surface area contributed by atoms with E-state index in [4.69, 9.17) is 22.1 Å². The number of benzene rings is 2. The second-order valence-corrected chi connectivity index (χ2v) is 14.2. The SMILES string of the molecule is Cc1cc(Nc2ncc(Cl)c(Nc3ccccc3S(=O)(=O)C(C)C)n2)c2c(c1C1CCN(CC(N)=O)CC1)C[C@H](C)O2. The molecule has 2 aliphatic rings. The third-order valence-corrected chi connectivity index (χ3v) is 10.4. The highest BCUT2D eigenvalue weighted by Gasteiger charge is 2.32. The number of para-hydroxylation sites is 1. The van der Waals surface area contributed by atoms with Crippen LogP contribution < -0.4 is 21.1 Å². The van der Waals surface area contributed by atoms with Crippen molar-refractivity contribution in [2.45, 2.75) is 69.1 Å². The molecule has 3 aromatic rings. The lowest BCUT2D eigenvalue weighted by atomic mass is 9.82. The Bertz CT molecular complexity index is 1610. The molecule has 2 aromatic carbocycles. The first-order valence-electron chi connectivity index (χ1n) is 14.2. The van der Waals surface area contributed by atoms with Crippen molar-refractivity contribution in [2.75, 3.05) is 30.3 Å². The van der Waals surface area contributed by atoms with Crippen molar-refractivity contribution in [3.05, 3.63) is 58.2 Å². The number of carbonyl (C=O) groups excluding carboxylic acids is 1. The summed E-state index contributed by atoms with van der Waals surface area (Å²) in [5, 5.41) is 6.08. The van der Waals surface area contributed by atoms with Crippen LogP contribution in [-0.2, 0) is 21.1 Å². The molecule has 0 aliphatic carbocycles. The second kappa shape index (κ2) is 12.1. The Labute approximate surface area is 251 Å². The molecule has 1 atom stereocenters. The fourth-order valence-electron chi connectivity index (χ4n) is 5.85. The Hall–Kier alpha value is -3.41. The first-order valence-corrected chi connectivity index (χ1v) is 16.1. The fraction of sp³-hybridized carbons (Fsp3) is 0.433. The minimum atomic E-state index is -3.54. The number of sulfone groups is 1. The monoisotopic (exact) mass is 612 g/mol. The predicted molar refractivity (Wildman–Crippen MR) is 165 cm³/mol. The Kier molecular flexibility index (Phi) is 8.63. The third kappa shape index (κ3) is 6.18. The van der Waals surface area contributed by atoms with Crippen LogP contribution in [0.5, 0.6) is 5.75 Å². The normalized spacial score (nSPS) is 17.6. The van der Waals surface area contributed by atoms with Crippen molar-refractivity contribution in [1.82, 2.24) is 14.9 Å². The van der Waals surface area contributed by atoms with E-state index < -0.39 is 15.1 Å². The van der Waals surface area contributed by atoms with E-state index in [1.807, 2.05) is 0 Å². The summed E-state index contributed by atoms with van der Waals surface area (Å²) in [4.78, 5) is 22.6. The lowest BCUT2D eigenvalue weighted by Crippen LogP contribution is -2.39. The molecule has 0 spiro atoms. The van der Waals surface area contributed by atoms with Crippen molar-refractivity contribution in [3.63, 3.8) is 0 Å². The second-order valence-electron chi connectivity index (χ2n) is 11.3. The Morgan fingerprint density at radius 1 is 1.19 bits per heavy atom. The molecule has 5 rings (SSSR count). The molecular formula is C30H37ClN6O4S. The van der Waals surface area contributed by atoms with Gasteiger partial charge in [0.1, 0.15) is 16.9 Å². The number of amides is 1. The van der Waals surface area contributed by atoms with Gasteiger partial charge in [0.15, 0.2) is 15.7 Å². The highest BCUT2D eigenvalue weighted by atomic mass is 35.5. The van der Waals surface area contributed by atoms with E-state index in [1.54, 1.807) is 38.1 Å². The maximum absolute atomic E-state index is 13.0. The fourth-order valence-corrected chi connectivity index (χ4v) is 7.19. The lowest BCUT2D eigenvalue weighted by molar-refractivity contribution is -0.119. The van der Waals surface area contributed by atoms with Crippen LogP contribution in [0.4, 0.5) is 23.1 Å². The number of aryl methyl sites for hydroxylation is 1. The predicted octanol–water partition coefficient (Wildman–Crippen LogP) is 5.10. The van der Waals surface area contributed by atoms with Crippen molar-refractivity contribution in [1.29, 1.82) is 0 Å². The molecule has 42 heavy (non-hydrogen) atoms. The van der Waals surface area contributed by atoms with Gasteiger partial charge in [0.25, 0.3) is 0 Å². The zero-order valence-corrected chi connectivity index (χ0v) is 25.8. The smallest absolute Gasteiger partial charge is 0.231 e. The first-order chi connectivity index (χ1) is 19.9. The molecule has 1 aromatic heterocycles. The number of hydrogen-bond acceptors (Lipinski definition) is 9. The molecule has 10 nitrogen and oxygen atoms in total. The Morgan fingerprint density at radius 3 is 2.60 bits per heavy atom. The number of nitrogens with zero attached hydrogens (tertiary/aromatic N) is 3. The number of carbonyl (C=O) groups is 1. The Balaban J connectivity index is 1.42. The number of nitrogens with one attached hydrogen (secondary N) is 2. The van der Waals surface area contributed by atoms with Gasteiger partial charge in [-0.2, -0.15) is 4.98 Å². The summed E-state index contributed by atoms with van der Waals surface area (Å²) in [5.74, 6) is 1.45. The standard InChI is InChI=1S/C30H37ClN6O4S/c1-17(2)42(39,40)25-8-6-5-7-23(25)34-29-22(31)15-33-30(36-29)35-24-13-18(3)27(21-14-19(4)41-28(21)24)20-9-11-37(12-10-20)16-26(32)38/h5-8,13,15,17,19-20H,9-12,14,16H2,1-4H3,(H2,32,38)(H2,33,34,35,36)/t19-/m0/s1. The molecule has 4 N–H and O–H groups in total. The van der Waals surface area contributed by atoms with Crippen LogP contribution in [0.25, 0.3) is 0 Å². The van der Waals surface area contributed by atoms with Crippen LogP contribution >= 0.6 is 11.6 Å². The number of rotatable bonds is 9. The van der Waals surface area contributed by atoms with Gasteiger partial charge in [0.2, 0.25) is 11.9 Å². The number of anilines is 4. The number of primary amides is 1. The maximum Gasteiger partial charge on any atom is 0.231 e. The van der Waals surface area contributed by atoms with Crippen LogP contribution in [0.2, 0.25) is 5.02 Å². The van der Waals surface area contributed by atoms with Crippen LogP contribution in [-0.4, -0.2) is 60.2 Å². The number of halogens is 1. The number of fused-ring (bicyclic) bond motifs is 1. The van der Waals surface area contributed by atoms with Crippen LogP contribution in [0.15, 0.2) is 41.4 Å². The average molecular weight is 613 g/mol. The molecule has 224 valence electrons. The van der Waals surface area contributed by atoms with Crippen molar-refractivity contribution in [2.24, 2.45) is 5.73 Å². The van der Waals surface area contributed by atoms with Gasteiger partial charge in [-0.05, 0) is 88.9 Å². The van der Waals surface area contributed by atoms with E-state index >= 15 is 0 Å². The molecule has 0 unspecified atom stereocenters. The number of aromatic nitrogens is 2. The topological polar surface area (TPSA) is 140 Å². The highest BCUT2D eigenvalue weighted by molar-refractivity contribution is 7.92. The number of likely N-dealkylation sites (tertiary alicyclic amines) is 1. The largest absolute Gasteiger partial charge is 0.488 e. The molecule has 1 fully saturated rings. The van der Waals surface area contributed by atoms with E-state index in [0.717, 1.165) is 49.4 Å². The summed E-state index contributed by atoms with van der Waals surface area (Å²) in [6, 6.07) is 8.76. The van der Waals surface area contributed by atoms with Gasteiger partial charge in [-0.15, -0.1) is 0 Å². The van der Waals surface area contributed by atoms with Gasteiger partial charge in [-0.3, -0.25) is 9.69 Å². The van der Waals surface area contributed by atoms with E-state index in [2.05, 4.69) is 45.4 Å². The summed E-state index contributed by atoms with van der Waals surface area (Å²) < 4.78 is 32.2. The summed E-state index contributed by atoms with van der Waals surface area (Å²) in [7, 11) is -3.54. The Morgan fingerprint density at radius 2 is 1.90 bits per heavy atom. The van der Waals surface area contributed by atoms with Crippen LogP contribution in [0.1, 0.15) is 56.2 Å². The summed E-state index contributed by atoms with van der Waals surface area (Å²) in [5.41, 5.74) is 10.2. The summed E-state index contributed by atoms with van der Waals surface area (Å²) in [6.07, 6.45) is 4.20. The van der Waals surface area contributed by atoms with E-state index in [-0.39, 0.29) is 27.7 Å². The molecule has 0 radical (unpaired) electrons. The molecule has 3 heterocycles. The van der Waals surface area contributed by atoms with Gasteiger partial charge < -0.3 is 21.1 Å². The average Bonchev–Trinajstić information content (AvgIpc) is 3.32. The third-order valence-electron chi connectivity index (χ3n) is 7.87. The molecular weight excluding hydrogens is 576 g/mol. The van der Waals surface area contributed by atoms with Crippen LogP contribution in [0, 0.1) is 6.92 Å². The zero-order chi connectivity index (χ0) is 30.2. The van der Waals surface area contributed by atoms with E-state index in [9.17, 15) is 13.2 Å². The molecule has 2 aliphatic heterocycles. The number of hydrogen-bond donors (Lipinski definition) is 3. The van der Waals surface area contributed by atoms with Gasteiger partial charge >= 0.3 is 0 Å². The van der Waals surface area contributed by atoms with Crippen molar-refractivity contribution < 1.29 is 17.9 Å². The number of nitrogens with two attached hydrogens (primary N) is 1. The van der Waals surface area contributed by atoms with Crippen molar-refractivity contribution in [3.8, 4) is 5.75 Å². The lowest BCUT2D eigenvalue weighted by Gasteiger charge is -2.33. The quantitative estimate of drug-likeness (QED) is 0.301. The van der Waals surface area contributed by atoms with Gasteiger partial charge in [-0.1, -0.05) is 23.7 Å². The zero-order valence-electron chi connectivity index (χ0n) is 24.3. The summed E-state index contributed by atoms with van der Waals surface area (Å²) in [6.45, 7) is 9.41. The van der Waals surface area contributed by atoms with Crippen molar-refractivity contribution >= 4 is 50.5 Å². The molecule has 12 heteroatoms. The number of piperidine rings is 1. The maximum atomic E-state index is 13.0. The minimum Gasteiger partial charge on any atom is -0.488 e. The molecule has 0 saturated carbocycles.